The Labute approximate surface area is 104 Å². The molecule has 0 aliphatic rings. The van der Waals surface area contributed by atoms with Crippen LogP contribution < -0.4 is 15.4 Å². The molecule has 96 valence electrons. The van der Waals surface area contributed by atoms with Crippen LogP contribution in [0.4, 0.5) is 5.69 Å². The number of nitrogens with one attached hydrogen (secondary N) is 2. The normalized spacial score (nSPS) is 10.6. The largest absolute Gasteiger partial charge is 0.497 e. The summed E-state index contributed by atoms with van der Waals surface area (Å²) in [4.78, 5) is 2.17. The molecule has 0 fully saturated rings. The van der Waals surface area contributed by atoms with Gasteiger partial charge < -0.3 is 20.3 Å². The van der Waals surface area contributed by atoms with Crippen molar-refractivity contribution in [1.82, 2.24) is 10.2 Å². The quantitative estimate of drug-likeness (QED) is 0.667. The Hall–Kier alpha value is -1.26. The minimum absolute atomic E-state index is 0.889. The van der Waals surface area contributed by atoms with Crippen molar-refractivity contribution in [3.05, 3.63) is 24.3 Å². The summed E-state index contributed by atoms with van der Waals surface area (Å²) in [5.41, 5.74) is 1.13. The lowest BCUT2D eigenvalue weighted by Crippen LogP contribution is -2.29. The lowest BCUT2D eigenvalue weighted by atomic mass is 10.3. The summed E-state index contributed by atoms with van der Waals surface area (Å²) in [5, 5.41) is 6.73. The highest BCUT2D eigenvalue weighted by Crippen LogP contribution is 2.14. The summed E-state index contributed by atoms with van der Waals surface area (Å²) in [6.45, 7) is 4.00. The molecule has 0 aromatic heterocycles. The van der Waals surface area contributed by atoms with Crippen LogP contribution in [0.2, 0.25) is 0 Å². The number of nitrogens with zero attached hydrogens (tertiary/aromatic N) is 1. The van der Waals surface area contributed by atoms with Gasteiger partial charge in [-0.3, -0.25) is 0 Å². The van der Waals surface area contributed by atoms with Gasteiger partial charge in [0.15, 0.2) is 0 Å². The predicted molar refractivity (Wildman–Crippen MR) is 72.9 cm³/mol. The molecule has 0 bridgehead atoms. The molecule has 0 saturated carbocycles. The number of anilines is 1. The molecule has 0 saturated heterocycles. The summed E-state index contributed by atoms with van der Waals surface area (Å²) in [6, 6.07) is 7.97. The van der Waals surface area contributed by atoms with Crippen LogP contribution in [0.1, 0.15) is 0 Å². The third-order valence-corrected chi connectivity index (χ3v) is 2.46. The molecule has 4 nitrogen and oxygen atoms in total. The van der Waals surface area contributed by atoms with Crippen LogP contribution in [0.5, 0.6) is 5.75 Å². The molecular weight excluding hydrogens is 214 g/mol. The van der Waals surface area contributed by atoms with E-state index in [1.54, 1.807) is 7.11 Å². The van der Waals surface area contributed by atoms with Crippen molar-refractivity contribution in [3.8, 4) is 5.75 Å². The van der Waals surface area contributed by atoms with Crippen molar-refractivity contribution in [3.63, 3.8) is 0 Å². The maximum Gasteiger partial charge on any atom is 0.119 e. The summed E-state index contributed by atoms with van der Waals surface area (Å²) >= 11 is 0. The molecule has 0 radical (unpaired) electrons. The molecule has 0 atom stereocenters. The molecule has 2 N–H and O–H groups in total. The molecule has 1 rings (SSSR count). The van der Waals surface area contributed by atoms with Gasteiger partial charge in [0.05, 0.1) is 7.11 Å². The molecule has 0 spiro atoms. The fourth-order valence-electron chi connectivity index (χ4n) is 1.43. The predicted octanol–water partition coefficient (Wildman–Crippen LogP) is 1.26. The van der Waals surface area contributed by atoms with Gasteiger partial charge in [-0.1, -0.05) is 0 Å². The van der Waals surface area contributed by atoms with E-state index in [4.69, 9.17) is 4.74 Å². The van der Waals surface area contributed by atoms with Gasteiger partial charge in [-0.05, 0) is 38.4 Å². The molecule has 0 aliphatic heterocycles. The maximum atomic E-state index is 5.10. The van der Waals surface area contributed by atoms with Gasteiger partial charge in [-0.15, -0.1) is 0 Å². The topological polar surface area (TPSA) is 36.5 Å². The molecular formula is C13H23N3O. The van der Waals surface area contributed by atoms with Gasteiger partial charge in [-0.2, -0.15) is 0 Å². The minimum Gasteiger partial charge on any atom is -0.497 e. The Bertz CT molecular complexity index is 298. The molecule has 1 aromatic carbocycles. The van der Waals surface area contributed by atoms with Gasteiger partial charge in [0, 0.05) is 31.9 Å². The van der Waals surface area contributed by atoms with E-state index in [1.807, 2.05) is 24.3 Å². The van der Waals surface area contributed by atoms with E-state index in [9.17, 15) is 0 Å². The van der Waals surface area contributed by atoms with Crippen molar-refractivity contribution in [1.29, 1.82) is 0 Å². The highest BCUT2D eigenvalue weighted by molar-refractivity contribution is 5.46. The van der Waals surface area contributed by atoms with Crippen molar-refractivity contribution in [2.75, 3.05) is 52.7 Å². The number of ether oxygens (including phenoxy) is 1. The molecule has 17 heavy (non-hydrogen) atoms. The molecule has 1 aromatic rings. The summed E-state index contributed by atoms with van der Waals surface area (Å²) in [5.74, 6) is 0.889. The Morgan fingerprint density at radius 2 is 1.76 bits per heavy atom. The van der Waals surface area contributed by atoms with Crippen LogP contribution in [0.15, 0.2) is 24.3 Å². The summed E-state index contributed by atoms with van der Waals surface area (Å²) in [6.07, 6.45) is 0. The van der Waals surface area contributed by atoms with Crippen molar-refractivity contribution >= 4 is 5.69 Å². The van der Waals surface area contributed by atoms with E-state index in [0.29, 0.717) is 0 Å². The second-order valence-electron chi connectivity index (χ2n) is 4.21. The number of likely N-dealkylation sites (N-methyl/N-ethyl adjacent to an activating group) is 1. The lowest BCUT2D eigenvalue weighted by molar-refractivity contribution is 0.402. The zero-order valence-corrected chi connectivity index (χ0v) is 11.0. The van der Waals surface area contributed by atoms with E-state index in [0.717, 1.165) is 37.6 Å². The van der Waals surface area contributed by atoms with E-state index in [-0.39, 0.29) is 0 Å². The first-order valence-corrected chi connectivity index (χ1v) is 5.96. The first kappa shape index (κ1) is 13.8. The zero-order valence-electron chi connectivity index (χ0n) is 11.0. The third kappa shape index (κ3) is 6.14. The van der Waals surface area contributed by atoms with E-state index >= 15 is 0 Å². The van der Waals surface area contributed by atoms with Gasteiger partial charge in [0.1, 0.15) is 5.75 Å². The number of hydrogen-bond donors (Lipinski definition) is 2. The van der Waals surface area contributed by atoms with Gasteiger partial charge in [0.2, 0.25) is 0 Å². The Balaban J connectivity index is 2.09. The highest BCUT2D eigenvalue weighted by Gasteiger charge is 1.93. The molecule has 4 heteroatoms. The zero-order chi connectivity index (χ0) is 12.5. The third-order valence-electron chi connectivity index (χ3n) is 2.46. The minimum atomic E-state index is 0.889. The van der Waals surface area contributed by atoms with Crippen molar-refractivity contribution in [2.45, 2.75) is 0 Å². The second-order valence-corrected chi connectivity index (χ2v) is 4.21. The molecule has 0 aliphatic carbocycles. The van der Waals surface area contributed by atoms with Crippen LogP contribution in [-0.2, 0) is 0 Å². The van der Waals surface area contributed by atoms with E-state index in [1.165, 1.54) is 0 Å². The van der Waals surface area contributed by atoms with Crippen LogP contribution in [0, 0.1) is 0 Å². The SMILES string of the molecule is COc1ccc(NCCNCCN(C)C)cc1. The fourth-order valence-corrected chi connectivity index (χ4v) is 1.43. The smallest absolute Gasteiger partial charge is 0.119 e. The molecule has 0 heterocycles. The average Bonchev–Trinajstić information content (AvgIpc) is 2.34. The number of rotatable bonds is 8. The fraction of sp³-hybridized carbons (Fsp3) is 0.538. The Morgan fingerprint density at radius 3 is 2.35 bits per heavy atom. The van der Waals surface area contributed by atoms with Gasteiger partial charge in [0.25, 0.3) is 0 Å². The first-order chi connectivity index (χ1) is 8.22. The van der Waals surface area contributed by atoms with Crippen LogP contribution >= 0.6 is 0 Å². The van der Waals surface area contributed by atoms with Gasteiger partial charge >= 0.3 is 0 Å². The lowest BCUT2D eigenvalue weighted by Gasteiger charge is -2.11. The van der Waals surface area contributed by atoms with Crippen molar-refractivity contribution < 1.29 is 4.74 Å². The summed E-state index contributed by atoms with van der Waals surface area (Å²) in [7, 11) is 5.84. The number of methoxy groups -OCH3 is 1. The molecule has 0 unspecified atom stereocenters. The van der Waals surface area contributed by atoms with Crippen LogP contribution in [0.25, 0.3) is 0 Å². The van der Waals surface area contributed by atoms with Crippen LogP contribution in [0.3, 0.4) is 0 Å². The Kier molecular flexibility index (Phi) is 6.43. The van der Waals surface area contributed by atoms with Crippen LogP contribution in [-0.4, -0.2) is 52.3 Å². The maximum absolute atomic E-state index is 5.10. The molecule has 0 amide bonds. The number of hydrogen-bond acceptors (Lipinski definition) is 4. The van der Waals surface area contributed by atoms with E-state index < -0.39 is 0 Å². The summed E-state index contributed by atoms with van der Waals surface area (Å²) < 4.78 is 5.10. The highest BCUT2D eigenvalue weighted by atomic mass is 16.5. The van der Waals surface area contributed by atoms with Crippen molar-refractivity contribution in [2.24, 2.45) is 0 Å². The second kappa shape index (κ2) is 7.92. The monoisotopic (exact) mass is 237 g/mol. The first-order valence-electron chi connectivity index (χ1n) is 5.96. The standard InChI is InChI=1S/C13H23N3O/c1-16(2)11-10-14-8-9-15-12-4-6-13(17-3)7-5-12/h4-7,14-15H,8-11H2,1-3H3. The van der Waals surface area contributed by atoms with Gasteiger partial charge in [-0.25, -0.2) is 0 Å². The average molecular weight is 237 g/mol. The Morgan fingerprint density at radius 1 is 1.06 bits per heavy atom. The number of benzene rings is 1. The van der Waals surface area contributed by atoms with E-state index in [2.05, 4.69) is 29.6 Å².